The van der Waals surface area contributed by atoms with Crippen molar-refractivity contribution in [1.29, 1.82) is 0 Å². The van der Waals surface area contributed by atoms with E-state index in [1.807, 2.05) is 0 Å². The smallest absolute Gasteiger partial charge is 0.309 e. The Labute approximate surface area is 114 Å². The Bertz CT molecular complexity index is 386. The lowest BCUT2D eigenvalue weighted by molar-refractivity contribution is -0.155. The summed E-state index contributed by atoms with van der Waals surface area (Å²) in [6.07, 6.45) is 7.25. The van der Waals surface area contributed by atoms with Gasteiger partial charge in [0, 0.05) is 11.8 Å². The van der Waals surface area contributed by atoms with Gasteiger partial charge in [-0.3, -0.25) is 9.59 Å². The molecule has 0 atom stereocenters. The molecule has 19 heavy (non-hydrogen) atoms. The van der Waals surface area contributed by atoms with Crippen molar-refractivity contribution < 1.29 is 14.7 Å². The monoisotopic (exact) mass is 264 g/mol. The molecule has 1 N–H and O–H groups in total. The number of rotatable bonds is 4. The molecule has 4 rings (SSSR count). The Balaban J connectivity index is 1.78. The van der Waals surface area contributed by atoms with Crippen molar-refractivity contribution in [3.8, 4) is 0 Å². The van der Waals surface area contributed by atoms with E-state index in [-0.39, 0.29) is 17.6 Å². The van der Waals surface area contributed by atoms with Gasteiger partial charge >= 0.3 is 5.97 Å². The topological polar surface area (TPSA) is 54.4 Å². The molecule has 3 nitrogen and oxygen atoms in total. The summed E-state index contributed by atoms with van der Waals surface area (Å²) in [5.74, 6) is 1.60. The van der Waals surface area contributed by atoms with Crippen LogP contribution in [0.5, 0.6) is 0 Å². The molecule has 0 amide bonds. The van der Waals surface area contributed by atoms with Gasteiger partial charge in [-0.2, -0.15) is 0 Å². The number of carbonyl (C=O) groups excluding carboxylic acids is 1. The molecule has 4 bridgehead atoms. The summed E-state index contributed by atoms with van der Waals surface area (Å²) in [6, 6.07) is 0. The van der Waals surface area contributed by atoms with Crippen LogP contribution in [0.4, 0.5) is 0 Å². The SMILES string of the molecule is CC(C)(CC(=O)C12CC3CC(CC(C3)C1)C2)C(=O)O. The van der Waals surface area contributed by atoms with E-state index >= 15 is 0 Å². The van der Waals surface area contributed by atoms with Crippen LogP contribution < -0.4 is 0 Å². The van der Waals surface area contributed by atoms with E-state index in [4.69, 9.17) is 0 Å². The van der Waals surface area contributed by atoms with Gasteiger partial charge in [0.2, 0.25) is 0 Å². The van der Waals surface area contributed by atoms with Crippen LogP contribution in [-0.4, -0.2) is 16.9 Å². The van der Waals surface area contributed by atoms with Crippen LogP contribution in [0.2, 0.25) is 0 Å². The number of carboxylic acid groups (broad SMARTS) is 1. The van der Waals surface area contributed by atoms with Crippen molar-refractivity contribution in [3.63, 3.8) is 0 Å². The molecule has 0 aromatic rings. The predicted octanol–water partition coefficient (Wildman–Crippen LogP) is 3.27. The zero-order chi connectivity index (χ0) is 13.8. The molecular weight excluding hydrogens is 240 g/mol. The van der Waals surface area contributed by atoms with E-state index in [1.165, 1.54) is 19.3 Å². The Kier molecular flexibility index (Phi) is 2.81. The standard InChI is InChI=1S/C16H24O3/c1-15(2,14(18)19)9-13(17)16-6-10-3-11(7-16)5-12(4-10)8-16/h10-12H,3-9H2,1-2H3,(H,18,19). The second-order valence-corrected chi connectivity index (χ2v) is 7.99. The Morgan fingerprint density at radius 1 is 1.05 bits per heavy atom. The van der Waals surface area contributed by atoms with Crippen molar-refractivity contribution >= 4 is 11.8 Å². The van der Waals surface area contributed by atoms with Gasteiger partial charge in [-0.05, 0) is 70.1 Å². The second-order valence-electron chi connectivity index (χ2n) is 7.99. The third-order valence-electron chi connectivity index (χ3n) is 5.81. The maximum Gasteiger partial charge on any atom is 0.309 e. The van der Waals surface area contributed by atoms with Gasteiger partial charge in [0.15, 0.2) is 0 Å². The van der Waals surface area contributed by atoms with Gasteiger partial charge in [0.05, 0.1) is 5.41 Å². The van der Waals surface area contributed by atoms with Crippen LogP contribution >= 0.6 is 0 Å². The highest BCUT2D eigenvalue weighted by Gasteiger charge is 2.55. The van der Waals surface area contributed by atoms with Crippen LogP contribution in [0.1, 0.15) is 58.8 Å². The number of hydrogen-bond donors (Lipinski definition) is 1. The normalized spacial score (nSPS) is 40.4. The molecule has 106 valence electrons. The summed E-state index contributed by atoms with van der Waals surface area (Å²) < 4.78 is 0. The molecule has 0 aliphatic heterocycles. The Hall–Kier alpha value is -0.860. The predicted molar refractivity (Wildman–Crippen MR) is 71.6 cm³/mol. The molecule has 4 aliphatic rings. The summed E-state index contributed by atoms with van der Waals surface area (Å²) in [5, 5.41) is 9.22. The highest BCUT2D eigenvalue weighted by atomic mass is 16.4. The first-order valence-electron chi connectivity index (χ1n) is 7.57. The molecule has 0 unspecified atom stereocenters. The molecule has 0 radical (unpaired) electrons. The van der Waals surface area contributed by atoms with Crippen LogP contribution in [-0.2, 0) is 9.59 Å². The van der Waals surface area contributed by atoms with E-state index in [9.17, 15) is 14.7 Å². The summed E-state index contributed by atoms with van der Waals surface area (Å²) in [5.41, 5.74) is -1.07. The second kappa shape index (κ2) is 4.07. The highest BCUT2D eigenvalue weighted by Crippen LogP contribution is 2.61. The first-order chi connectivity index (χ1) is 8.81. The van der Waals surface area contributed by atoms with Crippen LogP contribution in [0.15, 0.2) is 0 Å². The third-order valence-corrected chi connectivity index (χ3v) is 5.81. The molecular formula is C16H24O3. The fourth-order valence-electron chi connectivity index (χ4n) is 5.12. The van der Waals surface area contributed by atoms with Crippen molar-refractivity contribution in [3.05, 3.63) is 0 Å². The third kappa shape index (κ3) is 2.11. The molecule has 3 heteroatoms. The van der Waals surface area contributed by atoms with E-state index in [1.54, 1.807) is 13.8 Å². The number of Topliss-reactive ketones (excluding diaryl/α,β-unsaturated/α-hetero) is 1. The van der Waals surface area contributed by atoms with Crippen LogP contribution in [0, 0.1) is 28.6 Å². The molecule has 4 fully saturated rings. The average Bonchev–Trinajstić information content (AvgIpc) is 2.26. The summed E-state index contributed by atoms with van der Waals surface area (Å²) >= 11 is 0. The first kappa shape index (κ1) is 13.1. The summed E-state index contributed by atoms with van der Waals surface area (Å²) in [7, 11) is 0. The van der Waals surface area contributed by atoms with Crippen molar-refractivity contribution in [2.24, 2.45) is 28.6 Å². The number of hydrogen-bond acceptors (Lipinski definition) is 2. The Morgan fingerprint density at radius 2 is 1.47 bits per heavy atom. The minimum atomic E-state index is -0.916. The van der Waals surface area contributed by atoms with E-state index < -0.39 is 11.4 Å². The Morgan fingerprint density at radius 3 is 1.84 bits per heavy atom. The molecule has 4 aliphatic carbocycles. The highest BCUT2D eigenvalue weighted by molar-refractivity contribution is 5.90. The summed E-state index contributed by atoms with van der Waals surface area (Å²) in [6.45, 7) is 3.35. The van der Waals surface area contributed by atoms with Crippen molar-refractivity contribution in [2.45, 2.75) is 58.8 Å². The maximum atomic E-state index is 12.8. The van der Waals surface area contributed by atoms with Gasteiger partial charge in [-0.25, -0.2) is 0 Å². The van der Waals surface area contributed by atoms with E-state index in [0.29, 0.717) is 0 Å². The zero-order valence-electron chi connectivity index (χ0n) is 11.9. The quantitative estimate of drug-likeness (QED) is 0.847. The zero-order valence-corrected chi connectivity index (χ0v) is 11.9. The molecule has 4 saturated carbocycles. The lowest BCUT2D eigenvalue weighted by atomic mass is 9.48. The van der Waals surface area contributed by atoms with Gasteiger partial charge in [-0.15, -0.1) is 0 Å². The minimum Gasteiger partial charge on any atom is -0.481 e. The molecule has 0 aromatic carbocycles. The fourth-order valence-corrected chi connectivity index (χ4v) is 5.12. The first-order valence-corrected chi connectivity index (χ1v) is 7.57. The lowest BCUT2D eigenvalue weighted by Crippen LogP contribution is -2.51. The van der Waals surface area contributed by atoms with Gasteiger partial charge < -0.3 is 5.11 Å². The van der Waals surface area contributed by atoms with E-state index in [0.717, 1.165) is 37.0 Å². The average molecular weight is 264 g/mol. The largest absolute Gasteiger partial charge is 0.481 e. The minimum absolute atomic E-state index is 0.151. The number of carbonyl (C=O) groups is 2. The number of ketones is 1. The number of carboxylic acids is 1. The molecule has 0 saturated heterocycles. The molecule has 0 heterocycles. The fraction of sp³-hybridized carbons (Fsp3) is 0.875. The lowest BCUT2D eigenvalue weighted by Gasteiger charge is -2.56. The number of aliphatic carboxylic acids is 1. The van der Waals surface area contributed by atoms with Gasteiger partial charge in [-0.1, -0.05) is 0 Å². The van der Waals surface area contributed by atoms with Gasteiger partial charge in [0.25, 0.3) is 0 Å². The molecule has 0 spiro atoms. The van der Waals surface area contributed by atoms with Crippen molar-refractivity contribution in [1.82, 2.24) is 0 Å². The van der Waals surface area contributed by atoms with Crippen LogP contribution in [0.3, 0.4) is 0 Å². The maximum absolute atomic E-state index is 12.8. The summed E-state index contributed by atoms with van der Waals surface area (Å²) in [4.78, 5) is 24.0. The van der Waals surface area contributed by atoms with Gasteiger partial charge in [0.1, 0.15) is 5.78 Å². The molecule has 0 aromatic heterocycles. The van der Waals surface area contributed by atoms with E-state index in [2.05, 4.69) is 0 Å². The van der Waals surface area contributed by atoms with Crippen molar-refractivity contribution in [2.75, 3.05) is 0 Å². The van der Waals surface area contributed by atoms with Crippen LogP contribution in [0.25, 0.3) is 0 Å².